The van der Waals surface area contributed by atoms with Gasteiger partial charge in [-0.05, 0) is 35.6 Å². The van der Waals surface area contributed by atoms with Gasteiger partial charge in [-0.1, -0.05) is 56.7 Å². The molecule has 1 amide bonds. The van der Waals surface area contributed by atoms with E-state index in [1.807, 2.05) is 13.0 Å². The van der Waals surface area contributed by atoms with Crippen LogP contribution in [0.3, 0.4) is 0 Å². The van der Waals surface area contributed by atoms with Crippen LogP contribution in [0.5, 0.6) is 0 Å². The number of hydrogen-bond donors (Lipinski definition) is 1. The minimum absolute atomic E-state index is 0.00157. The van der Waals surface area contributed by atoms with E-state index in [2.05, 4.69) is 55.3 Å². The van der Waals surface area contributed by atoms with Crippen molar-refractivity contribution >= 4 is 16.9 Å². The number of nitrogens with one attached hydrogen (secondary N) is 1. The summed E-state index contributed by atoms with van der Waals surface area (Å²) in [4.78, 5) is 27.8. The Labute approximate surface area is 194 Å². The van der Waals surface area contributed by atoms with Gasteiger partial charge in [0.25, 0.3) is 5.91 Å². The molecule has 1 aromatic heterocycles. The molecule has 33 heavy (non-hydrogen) atoms. The Kier molecular flexibility index (Phi) is 6.68. The van der Waals surface area contributed by atoms with Crippen LogP contribution < -0.4 is 10.7 Å². The first-order valence-electron chi connectivity index (χ1n) is 11.5. The van der Waals surface area contributed by atoms with E-state index < -0.39 is 0 Å². The highest BCUT2D eigenvalue weighted by Crippen LogP contribution is 2.27. The Balaban J connectivity index is 1.55. The number of nitrogens with zero attached hydrogens (tertiary/aromatic N) is 1. The van der Waals surface area contributed by atoms with Crippen molar-refractivity contribution in [2.24, 2.45) is 0 Å². The molecule has 0 radical (unpaired) electrons. The van der Waals surface area contributed by atoms with Gasteiger partial charge in [-0.15, -0.1) is 0 Å². The molecule has 6 heteroatoms. The highest BCUT2D eigenvalue weighted by atomic mass is 16.5. The van der Waals surface area contributed by atoms with Crippen LogP contribution in [0.4, 0.5) is 0 Å². The summed E-state index contributed by atoms with van der Waals surface area (Å²) in [5.41, 5.74) is 3.66. The lowest BCUT2D eigenvalue weighted by molar-refractivity contribution is 0.0161. The Morgan fingerprint density at radius 2 is 1.76 bits per heavy atom. The highest BCUT2D eigenvalue weighted by Gasteiger charge is 2.25. The second-order valence-electron chi connectivity index (χ2n) is 9.72. The summed E-state index contributed by atoms with van der Waals surface area (Å²) in [6.07, 6.45) is 0. The highest BCUT2D eigenvalue weighted by molar-refractivity contribution is 5.93. The molecule has 0 spiro atoms. The van der Waals surface area contributed by atoms with Crippen molar-refractivity contribution in [3.05, 3.63) is 81.2 Å². The van der Waals surface area contributed by atoms with Crippen molar-refractivity contribution in [3.8, 4) is 0 Å². The Bertz CT molecular complexity index is 1190. The maximum atomic E-state index is 12.9. The molecule has 1 saturated heterocycles. The van der Waals surface area contributed by atoms with Crippen molar-refractivity contribution in [1.29, 1.82) is 0 Å². The van der Waals surface area contributed by atoms with Crippen molar-refractivity contribution < 1.29 is 13.9 Å². The number of hydrogen-bond acceptors (Lipinski definition) is 5. The first-order chi connectivity index (χ1) is 15.7. The van der Waals surface area contributed by atoms with E-state index >= 15 is 0 Å². The van der Waals surface area contributed by atoms with Gasteiger partial charge in [0.15, 0.2) is 11.2 Å². The normalized spacial score (nSPS) is 16.0. The predicted octanol–water partition coefficient (Wildman–Crippen LogP) is 4.20. The molecular weight excluding hydrogens is 416 g/mol. The topological polar surface area (TPSA) is 71.8 Å². The van der Waals surface area contributed by atoms with Crippen LogP contribution in [0.15, 0.2) is 57.7 Å². The van der Waals surface area contributed by atoms with Gasteiger partial charge in [-0.25, -0.2) is 0 Å². The number of fused-ring (bicyclic) bond motifs is 1. The quantitative estimate of drug-likeness (QED) is 0.633. The van der Waals surface area contributed by atoms with Crippen LogP contribution in [-0.4, -0.2) is 43.7 Å². The molecule has 1 aliphatic heterocycles. The van der Waals surface area contributed by atoms with Gasteiger partial charge in [-0.3, -0.25) is 14.5 Å². The van der Waals surface area contributed by atoms with Crippen molar-refractivity contribution in [2.45, 2.75) is 39.2 Å². The molecular formula is C27H32N2O4. The third-order valence-electron chi connectivity index (χ3n) is 6.21. The van der Waals surface area contributed by atoms with E-state index in [0.29, 0.717) is 30.7 Å². The fraction of sp³-hybridized carbons (Fsp3) is 0.407. The molecule has 1 N–H and O–H groups in total. The van der Waals surface area contributed by atoms with Gasteiger partial charge in [0, 0.05) is 25.7 Å². The average Bonchev–Trinajstić information content (AvgIpc) is 2.80. The van der Waals surface area contributed by atoms with Gasteiger partial charge in [-0.2, -0.15) is 0 Å². The SMILES string of the molecule is Cc1ccc2oc(C(=O)NC[C@@H](c3ccc(C(C)(C)C)cc3)N3CCOCC3)cc(=O)c2c1. The van der Waals surface area contributed by atoms with E-state index in [0.717, 1.165) is 24.2 Å². The maximum absolute atomic E-state index is 12.9. The molecule has 6 nitrogen and oxygen atoms in total. The molecule has 0 bridgehead atoms. The molecule has 2 heterocycles. The molecule has 0 saturated carbocycles. The van der Waals surface area contributed by atoms with Crippen LogP contribution in [0.2, 0.25) is 0 Å². The van der Waals surface area contributed by atoms with Crippen LogP contribution in [-0.2, 0) is 10.2 Å². The first kappa shape index (κ1) is 23.2. The number of ether oxygens (including phenoxy) is 1. The number of carbonyl (C=O) groups excluding carboxylic acids is 1. The average molecular weight is 449 g/mol. The molecule has 0 aliphatic carbocycles. The summed E-state index contributed by atoms with van der Waals surface area (Å²) in [5.74, 6) is -0.362. The van der Waals surface area contributed by atoms with Gasteiger partial charge in [0.1, 0.15) is 5.58 Å². The third-order valence-corrected chi connectivity index (χ3v) is 6.21. The lowest BCUT2D eigenvalue weighted by Gasteiger charge is -2.35. The summed E-state index contributed by atoms with van der Waals surface area (Å²) in [6, 6.07) is 15.3. The number of rotatable bonds is 5. The molecule has 4 rings (SSSR count). The second-order valence-corrected chi connectivity index (χ2v) is 9.72. The smallest absolute Gasteiger partial charge is 0.287 e. The fourth-order valence-electron chi connectivity index (χ4n) is 4.21. The summed E-state index contributed by atoms with van der Waals surface area (Å²) >= 11 is 0. The monoisotopic (exact) mass is 448 g/mol. The van der Waals surface area contributed by atoms with Crippen molar-refractivity contribution in [2.75, 3.05) is 32.8 Å². The van der Waals surface area contributed by atoms with Crippen LogP contribution in [0, 0.1) is 6.92 Å². The maximum Gasteiger partial charge on any atom is 0.287 e. The van der Waals surface area contributed by atoms with E-state index in [1.54, 1.807) is 12.1 Å². The van der Waals surface area contributed by atoms with Gasteiger partial charge in [0.05, 0.1) is 24.6 Å². The van der Waals surface area contributed by atoms with E-state index in [9.17, 15) is 9.59 Å². The van der Waals surface area contributed by atoms with Crippen molar-refractivity contribution in [3.63, 3.8) is 0 Å². The Hall–Kier alpha value is -2.96. The number of aryl methyl sites for hydroxylation is 1. The number of amides is 1. The van der Waals surface area contributed by atoms with Crippen LogP contribution in [0.25, 0.3) is 11.0 Å². The minimum atomic E-state index is -0.390. The van der Waals surface area contributed by atoms with E-state index in [1.165, 1.54) is 11.6 Å². The number of carbonyl (C=O) groups is 1. The molecule has 1 atom stereocenters. The zero-order valence-electron chi connectivity index (χ0n) is 19.8. The summed E-state index contributed by atoms with van der Waals surface area (Å²) in [5, 5.41) is 3.47. The summed E-state index contributed by atoms with van der Waals surface area (Å²) in [7, 11) is 0. The molecule has 1 fully saturated rings. The first-order valence-corrected chi connectivity index (χ1v) is 11.5. The molecule has 0 unspecified atom stereocenters. The number of morpholine rings is 1. The van der Waals surface area contributed by atoms with E-state index in [4.69, 9.17) is 9.15 Å². The molecule has 174 valence electrons. The summed E-state index contributed by atoms with van der Waals surface area (Å²) < 4.78 is 11.3. The Morgan fingerprint density at radius 1 is 1.06 bits per heavy atom. The van der Waals surface area contributed by atoms with Crippen LogP contribution in [0.1, 0.15) is 54.1 Å². The summed E-state index contributed by atoms with van der Waals surface area (Å²) in [6.45, 7) is 11.8. The lowest BCUT2D eigenvalue weighted by atomic mass is 9.86. The molecule has 1 aliphatic rings. The largest absolute Gasteiger partial charge is 0.451 e. The Morgan fingerprint density at radius 3 is 2.42 bits per heavy atom. The second kappa shape index (κ2) is 9.49. The van der Waals surface area contributed by atoms with Crippen LogP contribution >= 0.6 is 0 Å². The predicted molar refractivity (Wildman–Crippen MR) is 130 cm³/mol. The standard InChI is InChI=1S/C27H32N2O4/c1-18-5-10-24-21(15-18)23(30)16-25(33-24)26(31)28-17-22(29-11-13-32-14-12-29)19-6-8-20(9-7-19)27(2,3)4/h5-10,15-16,22H,11-14,17H2,1-4H3,(H,28,31)/t22-/m0/s1. The molecule has 2 aromatic carbocycles. The minimum Gasteiger partial charge on any atom is -0.451 e. The van der Waals surface area contributed by atoms with E-state index in [-0.39, 0.29) is 28.6 Å². The lowest BCUT2D eigenvalue weighted by Crippen LogP contribution is -2.43. The zero-order chi connectivity index (χ0) is 23.6. The zero-order valence-corrected chi connectivity index (χ0v) is 19.8. The van der Waals surface area contributed by atoms with Gasteiger partial charge < -0.3 is 14.5 Å². The van der Waals surface area contributed by atoms with Gasteiger partial charge in [0.2, 0.25) is 0 Å². The van der Waals surface area contributed by atoms with Crippen molar-refractivity contribution in [1.82, 2.24) is 10.2 Å². The third kappa shape index (κ3) is 5.34. The number of benzene rings is 2. The fourth-order valence-corrected chi connectivity index (χ4v) is 4.21. The molecule has 3 aromatic rings. The van der Waals surface area contributed by atoms with Gasteiger partial charge >= 0.3 is 0 Å².